The summed E-state index contributed by atoms with van der Waals surface area (Å²) < 4.78 is 5.41. The molecule has 0 saturated heterocycles. The third kappa shape index (κ3) is 2.36. The number of hydrogen-bond donors (Lipinski definition) is 1. The Morgan fingerprint density at radius 1 is 1.05 bits per heavy atom. The Hall–Kier alpha value is -1.80. The second kappa shape index (κ2) is 5.06. The number of hydrogen-bond acceptors (Lipinski definition) is 2. The molecular formula is C17H19NO. The molecule has 1 fully saturated rings. The summed E-state index contributed by atoms with van der Waals surface area (Å²) in [6.45, 7) is 0. The Balaban J connectivity index is 1.78. The summed E-state index contributed by atoms with van der Waals surface area (Å²) in [5.74, 6) is 2.02. The normalized spacial score (nSPS) is 22.8. The van der Waals surface area contributed by atoms with Gasteiger partial charge in [-0.25, -0.2) is 0 Å². The van der Waals surface area contributed by atoms with Gasteiger partial charge in [0.15, 0.2) is 0 Å². The standard InChI is InChI=1S/C17H19NO/c1-19-16-10-6-5-9-13(16)17(18)15-11-14(15)12-7-3-2-4-8-12/h2-10,14-15,17H,11,18H2,1H3. The van der Waals surface area contributed by atoms with Crippen molar-refractivity contribution in [1.82, 2.24) is 0 Å². The number of rotatable bonds is 4. The Kier molecular flexibility index (Phi) is 3.26. The first-order valence-electron chi connectivity index (χ1n) is 6.74. The lowest BCUT2D eigenvalue weighted by molar-refractivity contribution is 0.402. The van der Waals surface area contributed by atoms with Gasteiger partial charge < -0.3 is 10.5 Å². The number of benzene rings is 2. The molecule has 0 spiro atoms. The minimum absolute atomic E-state index is 0.0568. The van der Waals surface area contributed by atoms with Gasteiger partial charge in [0.05, 0.1) is 7.11 Å². The molecule has 2 heteroatoms. The van der Waals surface area contributed by atoms with Crippen molar-refractivity contribution in [2.24, 2.45) is 11.7 Å². The van der Waals surface area contributed by atoms with Gasteiger partial charge in [0, 0.05) is 11.6 Å². The fourth-order valence-electron chi connectivity index (χ4n) is 2.87. The van der Waals surface area contributed by atoms with Gasteiger partial charge >= 0.3 is 0 Å². The summed E-state index contributed by atoms with van der Waals surface area (Å²) in [7, 11) is 1.70. The molecule has 0 amide bonds. The summed E-state index contributed by atoms with van der Waals surface area (Å²) in [6.07, 6.45) is 1.17. The minimum atomic E-state index is 0.0568. The lowest BCUT2D eigenvalue weighted by Crippen LogP contribution is -2.14. The second-order valence-corrected chi connectivity index (χ2v) is 5.18. The van der Waals surface area contributed by atoms with Crippen LogP contribution >= 0.6 is 0 Å². The van der Waals surface area contributed by atoms with Crippen LogP contribution in [0, 0.1) is 5.92 Å². The van der Waals surface area contributed by atoms with Gasteiger partial charge in [-0.15, -0.1) is 0 Å². The fraction of sp³-hybridized carbons (Fsp3) is 0.294. The molecule has 1 saturated carbocycles. The van der Waals surface area contributed by atoms with Gasteiger partial charge in [-0.3, -0.25) is 0 Å². The predicted octanol–water partition coefficient (Wildman–Crippen LogP) is 3.50. The molecule has 0 heterocycles. The molecule has 0 bridgehead atoms. The van der Waals surface area contributed by atoms with Crippen LogP contribution in [0.5, 0.6) is 5.75 Å². The Morgan fingerprint density at radius 3 is 2.47 bits per heavy atom. The van der Waals surface area contributed by atoms with Crippen LogP contribution in [-0.2, 0) is 0 Å². The quantitative estimate of drug-likeness (QED) is 0.905. The largest absolute Gasteiger partial charge is 0.496 e. The van der Waals surface area contributed by atoms with E-state index in [-0.39, 0.29) is 6.04 Å². The van der Waals surface area contributed by atoms with E-state index in [9.17, 15) is 0 Å². The SMILES string of the molecule is COc1ccccc1C(N)C1CC1c1ccccc1. The first kappa shape index (κ1) is 12.2. The van der Waals surface area contributed by atoms with E-state index >= 15 is 0 Å². The highest BCUT2D eigenvalue weighted by Gasteiger charge is 2.43. The third-order valence-corrected chi connectivity index (χ3v) is 4.03. The van der Waals surface area contributed by atoms with Crippen LogP contribution in [0.4, 0.5) is 0 Å². The van der Waals surface area contributed by atoms with Crippen LogP contribution in [-0.4, -0.2) is 7.11 Å². The lowest BCUT2D eigenvalue weighted by atomic mass is 9.99. The molecule has 98 valence electrons. The van der Waals surface area contributed by atoms with E-state index in [1.807, 2.05) is 18.2 Å². The highest BCUT2D eigenvalue weighted by molar-refractivity contribution is 5.38. The topological polar surface area (TPSA) is 35.2 Å². The summed E-state index contributed by atoms with van der Waals surface area (Å²) in [5, 5.41) is 0. The van der Waals surface area contributed by atoms with E-state index in [1.165, 1.54) is 12.0 Å². The smallest absolute Gasteiger partial charge is 0.123 e. The van der Waals surface area contributed by atoms with Gasteiger partial charge in [0.1, 0.15) is 5.75 Å². The van der Waals surface area contributed by atoms with Crippen molar-refractivity contribution in [3.63, 3.8) is 0 Å². The van der Waals surface area contributed by atoms with E-state index in [2.05, 4.69) is 36.4 Å². The molecular weight excluding hydrogens is 234 g/mol. The van der Waals surface area contributed by atoms with Crippen LogP contribution in [0.1, 0.15) is 29.5 Å². The molecule has 3 rings (SSSR count). The average molecular weight is 253 g/mol. The molecule has 3 unspecified atom stereocenters. The molecule has 0 aliphatic heterocycles. The number of methoxy groups -OCH3 is 1. The van der Waals surface area contributed by atoms with E-state index in [4.69, 9.17) is 10.5 Å². The fourth-order valence-corrected chi connectivity index (χ4v) is 2.87. The monoisotopic (exact) mass is 253 g/mol. The maximum Gasteiger partial charge on any atom is 0.123 e. The van der Waals surface area contributed by atoms with Crippen molar-refractivity contribution in [1.29, 1.82) is 0 Å². The number of para-hydroxylation sites is 1. The van der Waals surface area contributed by atoms with E-state index in [1.54, 1.807) is 7.11 Å². The first-order chi connectivity index (χ1) is 9.31. The molecule has 0 radical (unpaired) electrons. The highest BCUT2D eigenvalue weighted by Crippen LogP contribution is 2.54. The highest BCUT2D eigenvalue weighted by atomic mass is 16.5. The average Bonchev–Trinajstić information content (AvgIpc) is 3.28. The maximum absolute atomic E-state index is 6.42. The summed E-state index contributed by atoms with van der Waals surface area (Å²) >= 11 is 0. The minimum Gasteiger partial charge on any atom is -0.496 e. The zero-order chi connectivity index (χ0) is 13.2. The third-order valence-electron chi connectivity index (χ3n) is 4.03. The maximum atomic E-state index is 6.42. The molecule has 0 aromatic heterocycles. The lowest BCUT2D eigenvalue weighted by Gasteiger charge is -2.15. The van der Waals surface area contributed by atoms with Gasteiger partial charge in [0.25, 0.3) is 0 Å². The van der Waals surface area contributed by atoms with Crippen molar-refractivity contribution < 1.29 is 4.74 Å². The van der Waals surface area contributed by atoms with Gasteiger partial charge in [-0.2, -0.15) is 0 Å². The number of nitrogens with two attached hydrogens (primary N) is 1. The summed E-state index contributed by atoms with van der Waals surface area (Å²) in [4.78, 5) is 0. The van der Waals surface area contributed by atoms with Crippen LogP contribution in [0.15, 0.2) is 54.6 Å². The van der Waals surface area contributed by atoms with Gasteiger partial charge in [-0.05, 0) is 29.9 Å². The Bertz CT molecular complexity index is 552. The Labute approximate surface area is 114 Å². The van der Waals surface area contributed by atoms with Crippen molar-refractivity contribution in [3.8, 4) is 5.75 Å². The Morgan fingerprint density at radius 2 is 1.74 bits per heavy atom. The van der Waals surface area contributed by atoms with Gasteiger partial charge in [-0.1, -0.05) is 48.5 Å². The zero-order valence-electron chi connectivity index (χ0n) is 11.1. The predicted molar refractivity (Wildman–Crippen MR) is 77.2 cm³/mol. The molecule has 2 aromatic rings. The molecule has 1 aliphatic carbocycles. The van der Waals surface area contributed by atoms with E-state index < -0.39 is 0 Å². The van der Waals surface area contributed by atoms with Crippen molar-refractivity contribution in [3.05, 3.63) is 65.7 Å². The summed E-state index contributed by atoms with van der Waals surface area (Å²) in [5.41, 5.74) is 8.94. The summed E-state index contributed by atoms with van der Waals surface area (Å²) in [6, 6.07) is 18.8. The van der Waals surface area contributed by atoms with Crippen molar-refractivity contribution >= 4 is 0 Å². The molecule has 1 aliphatic rings. The molecule has 2 aromatic carbocycles. The van der Waals surface area contributed by atoms with Crippen LogP contribution in [0.3, 0.4) is 0 Å². The molecule has 2 N–H and O–H groups in total. The number of ether oxygens (including phenoxy) is 1. The van der Waals surface area contributed by atoms with Crippen LogP contribution in [0.25, 0.3) is 0 Å². The zero-order valence-corrected chi connectivity index (χ0v) is 11.1. The van der Waals surface area contributed by atoms with Crippen LogP contribution in [0.2, 0.25) is 0 Å². The van der Waals surface area contributed by atoms with Crippen molar-refractivity contribution in [2.45, 2.75) is 18.4 Å². The molecule has 19 heavy (non-hydrogen) atoms. The van der Waals surface area contributed by atoms with E-state index in [0.717, 1.165) is 11.3 Å². The second-order valence-electron chi connectivity index (χ2n) is 5.18. The van der Waals surface area contributed by atoms with Crippen molar-refractivity contribution in [2.75, 3.05) is 7.11 Å². The van der Waals surface area contributed by atoms with Gasteiger partial charge in [0.2, 0.25) is 0 Å². The van der Waals surface area contributed by atoms with Crippen LogP contribution < -0.4 is 10.5 Å². The molecule has 2 nitrogen and oxygen atoms in total. The van der Waals surface area contributed by atoms with E-state index in [0.29, 0.717) is 11.8 Å². The first-order valence-corrected chi connectivity index (χ1v) is 6.74. The molecule has 3 atom stereocenters.